The Labute approximate surface area is 162 Å². The average molecular weight is 356 g/mol. The minimum absolute atomic E-state index is 0. The van der Waals surface area contributed by atoms with Gasteiger partial charge in [-0.2, -0.15) is 0 Å². The van der Waals surface area contributed by atoms with Crippen molar-refractivity contribution in [3.05, 3.63) is 29.3 Å². The molecule has 0 heterocycles. The molecule has 0 spiro atoms. The summed E-state index contributed by atoms with van der Waals surface area (Å²) in [5.41, 5.74) is 2.28. The third-order valence-electron chi connectivity index (χ3n) is 2.92. The number of aryl methyl sites for hydroxylation is 1. The number of nitrogens with one attached hydrogen (secondary N) is 1. The maximum Gasteiger partial charge on any atom is 0.322 e. The Kier molecular flexibility index (Phi) is 10.9. The number of carbonyl (C=O) groups is 2. The largest absolute Gasteiger partial charge is 0.480 e. The van der Waals surface area contributed by atoms with Crippen LogP contribution in [-0.4, -0.2) is 77.9 Å². The monoisotopic (exact) mass is 355 g/mol. The summed E-state index contributed by atoms with van der Waals surface area (Å²) in [4.78, 5) is 24.4. The van der Waals surface area contributed by atoms with Gasteiger partial charge in [0.15, 0.2) is 0 Å². The van der Waals surface area contributed by atoms with Crippen LogP contribution in [0.1, 0.15) is 15.9 Å². The van der Waals surface area contributed by atoms with E-state index in [2.05, 4.69) is 5.32 Å². The fraction of sp³-hybridized carbons (Fsp3) is 0.429. The van der Waals surface area contributed by atoms with Crippen molar-refractivity contribution >= 4 is 70.3 Å². The number of amides is 1. The molecule has 1 amide bonds. The van der Waals surface area contributed by atoms with Crippen molar-refractivity contribution in [2.24, 2.45) is 0 Å². The first kappa shape index (κ1) is 21.5. The number of benzene rings is 1. The number of anilines is 1. The smallest absolute Gasteiger partial charge is 0.322 e. The van der Waals surface area contributed by atoms with Gasteiger partial charge >= 0.3 is 5.97 Å². The number of aliphatic carboxylic acids is 1. The molecule has 0 aliphatic rings. The third kappa shape index (κ3) is 6.75. The minimum atomic E-state index is -1.08. The zero-order valence-electron chi connectivity index (χ0n) is 12.7. The Bertz CT molecular complexity index is 509. The van der Waals surface area contributed by atoms with Crippen molar-refractivity contribution in [1.82, 2.24) is 5.32 Å². The summed E-state index contributed by atoms with van der Waals surface area (Å²) < 4.78 is 0. The van der Waals surface area contributed by atoms with E-state index in [1.165, 1.54) is 0 Å². The number of rotatable bonds is 8. The first-order chi connectivity index (χ1) is 9.99. The number of alkyl halides is 2. The van der Waals surface area contributed by atoms with Gasteiger partial charge < -0.3 is 15.3 Å². The molecule has 0 fully saturated rings. The Balaban J connectivity index is 0.00000441. The van der Waals surface area contributed by atoms with Crippen LogP contribution in [0.25, 0.3) is 0 Å². The van der Waals surface area contributed by atoms with Crippen molar-refractivity contribution < 1.29 is 14.7 Å². The summed E-state index contributed by atoms with van der Waals surface area (Å²) in [5.74, 6) is -0.603. The van der Waals surface area contributed by atoms with Gasteiger partial charge in [0.1, 0.15) is 6.54 Å². The molecule has 5 nitrogen and oxygen atoms in total. The Morgan fingerprint density at radius 3 is 2.32 bits per heavy atom. The van der Waals surface area contributed by atoms with E-state index in [4.69, 9.17) is 28.3 Å². The molecule has 0 aliphatic heterocycles. The van der Waals surface area contributed by atoms with Gasteiger partial charge in [0.25, 0.3) is 5.91 Å². The van der Waals surface area contributed by atoms with Crippen LogP contribution in [0.3, 0.4) is 0 Å². The van der Waals surface area contributed by atoms with Crippen LogP contribution in [0.15, 0.2) is 18.2 Å². The van der Waals surface area contributed by atoms with Gasteiger partial charge in [0.05, 0.1) is 0 Å². The van der Waals surface area contributed by atoms with Crippen LogP contribution >= 0.6 is 23.2 Å². The van der Waals surface area contributed by atoms with E-state index in [1.54, 1.807) is 12.1 Å². The number of nitrogens with zero attached hydrogens (tertiary/aromatic N) is 1. The maximum absolute atomic E-state index is 11.9. The van der Waals surface area contributed by atoms with E-state index in [-0.39, 0.29) is 29.6 Å². The second-order valence-electron chi connectivity index (χ2n) is 4.44. The van der Waals surface area contributed by atoms with Crippen LogP contribution in [0.5, 0.6) is 0 Å². The number of carboxylic acid groups (broad SMARTS) is 1. The molecule has 22 heavy (non-hydrogen) atoms. The van der Waals surface area contributed by atoms with Gasteiger partial charge in [-0.25, -0.2) is 0 Å². The van der Waals surface area contributed by atoms with E-state index in [1.807, 2.05) is 17.9 Å². The summed E-state index contributed by atoms with van der Waals surface area (Å²) in [6, 6.07) is 5.21. The number of halogens is 2. The summed E-state index contributed by atoms with van der Waals surface area (Å²) in [5, 5.41) is 10.9. The fourth-order valence-corrected chi connectivity index (χ4v) is 2.31. The molecule has 0 atom stereocenters. The molecule has 1 aromatic carbocycles. The number of carboxylic acids is 1. The van der Waals surface area contributed by atoms with Crippen molar-refractivity contribution in [3.63, 3.8) is 0 Å². The van der Waals surface area contributed by atoms with Crippen LogP contribution in [0.4, 0.5) is 5.69 Å². The van der Waals surface area contributed by atoms with Gasteiger partial charge in [-0.05, 0) is 24.6 Å². The normalized spacial score (nSPS) is 9.77. The maximum atomic E-state index is 11.9. The molecule has 0 saturated carbocycles. The molecular weight excluding hydrogens is 338 g/mol. The van der Waals surface area contributed by atoms with Gasteiger partial charge in [0.2, 0.25) is 0 Å². The van der Waals surface area contributed by atoms with Crippen LogP contribution < -0.4 is 10.2 Å². The molecule has 1 radical (unpaired) electrons. The molecule has 117 valence electrons. The van der Waals surface area contributed by atoms with Gasteiger partial charge in [-0.15, -0.1) is 23.2 Å². The number of hydrogen-bond donors (Lipinski definition) is 2. The molecule has 2 N–H and O–H groups in total. The molecule has 0 aliphatic carbocycles. The molecule has 1 rings (SSSR count). The zero-order valence-corrected chi connectivity index (χ0v) is 16.2. The molecule has 1 aromatic rings. The SMILES string of the molecule is Cc1ccc(C(=O)NCC(=O)O)cc1N(CCCl)CCCl.[Na]. The first-order valence-corrected chi connectivity index (χ1v) is 7.54. The van der Waals surface area contributed by atoms with E-state index < -0.39 is 18.4 Å². The van der Waals surface area contributed by atoms with E-state index in [0.717, 1.165) is 11.3 Å². The zero-order chi connectivity index (χ0) is 15.8. The van der Waals surface area contributed by atoms with E-state index in [0.29, 0.717) is 30.4 Å². The van der Waals surface area contributed by atoms with E-state index in [9.17, 15) is 9.59 Å². The Morgan fingerprint density at radius 2 is 1.82 bits per heavy atom. The Morgan fingerprint density at radius 1 is 1.23 bits per heavy atom. The number of hydrogen-bond acceptors (Lipinski definition) is 3. The quantitative estimate of drug-likeness (QED) is 0.550. The second-order valence-corrected chi connectivity index (χ2v) is 5.20. The Hall–Kier alpha value is -0.460. The van der Waals surface area contributed by atoms with Gasteiger partial charge in [-0.1, -0.05) is 6.07 Å². The summed E-state index contributed by atoms with van der Waals surface area (Å²) >= 11 is 11.6. The summed E-state index contributed by atoms with van der Waals surface area (Å²) in [6.45, 7) is 2.77. The summed E-state index contributed by atoms with van der Waals surface area (Å²) in [6.07, 6.45) is 0. The van der Waals surface area contributed by atoms with Crippen molar-refractivity contribution in [2.45, 2.75) is 6.92 Å². The van der Waals surface area contributed by atoms with E-state index >= 15 is 0 Å². The van der Waals surface area contributed by atoms with Crippen molar-refractivity contribution in [2.75, 3.05) is 36.3 Å². The number of carbonyl (C=O) groups excluding carboxylic acids is 1. The predicted octanol–water partition coefficient (Wildman–Crippen LogP) is 1.71. The molecule has 8 heteroatoms. The van der Waals surface area contributed by atoms with Crippen LogP contribution in [0.2, 0.25) is 0 Å². The fourth-order valence-electron chi connectivity index (χ4n) is 1.91. The van der Waals surface area contributed by atoms with Crippen molar-refractivity contribution in [1.29, 1.82) is 0 Å². The van der Waals surface area contributed by atoms with Crippen LogP contribution in [-0.2, 0) is 4.79 Å². The predicted molar refractivity (Wildman–Crippen MR) is 90.6 cm³/mol. The molecule has 0 bridgehead atoms. The van der Waals surface area contributed by atoms with Gasteiger partial charge in [-0.3, -0.25) is 9.59 Å². The molecule has 0 unspecified atom stereocenters. The first-order valence-electron chi connectivity index (χ1n) is 6.47. The molecular formula is C14H18Cl2N2NaO3. The minimum Gasteiger partial charge on any atom is -0.480 e. The topological polar surface area (TPSA) is 69.6 Å². The standard InChI is InChI=1S/C14H18Cl2N2O3.Na/c1-10-2-3-11(14(21)17-9-13(19)20)8-12(10)18(6-4-15)7-5-16;/h2-3,8H,4-7,9H2,1H3,(H,17,21)(H,19,20);. The molecule has 0 saturated heterocycles. The third-order valence-corrected chi connectivity index (χ3v) is 3.26. The van der Waals surface area contributed by atoms with Gasteiger partial charge in [0, 0.05) is 65.7 Å². The van der Waals surface area contributed by atoms with Crippen molar-refractivity contribution in [3.8, 4) is 0 Å². The average Bonchev–Trinajstić information content (AvgIpc) is 2.45. The molecule has 0 aromatic heterocycles. The second kappa shape index (κ2) is 11.1. The van der Waals surface area contributed by atoms with Crippen LogP contribution in [0, 0.1) is 6.92 Å². The summed E-state index contributed by atoms with van der Waals surface area (Å²) in [7, 11) is 0.